The number of H-pyrrole nitrogens is 1. The number of methoxy groups -OCH3 is 1. The van der Waals surface area contributed by atoms with Gasteiger partial charge in [-0.25, -0.2) is 4.79 Å². The highest BCUT2D eigenvalue weighted by Crippen LogP contribution is 2.34. The second-order valence-corrected chi connectivity index (χ2v) is 8.41. The molecule has 1 aromatic carbocycles. The highest BCUT2D eigenvalue weighted by molar-refractivity contribution is 7.85. The van der Waals surface area contributed by atoms with Gasteiger partial charge in [0.2, 0.25) is 0 Å². The van der Waals surface area contributed by atoms with E-state index in [1.54, 1.807) is 24.3 Å². The van der Waals surface area contributed by atoms with Crippen molar-refractivity contribution in [2.75, 3.05) is 12.9 Å². The van der Waals surface area contributed by atoms with Gasteiger partial charge in [-0.3, -0.25) is 28.1 Å². The molecule has 32 heavy (non-hydrogen) atoms. The smallest absolute Gasteiger partial charge is 0.330 e. The quantitative estimate of drug-likeness (QED) is 0.563. The Labute approximate surface area is 184 Å². The van der Waals surface area contributed by atoms with Crippen LogP contribution in [0, 0.1) is 0 Å². The average molecular weight is 466 g/mol. The van der Waals surface area contributed by atoms with Crippen molar-refractivity contribution in [2.24, 2.45) is 0 Å². The first-order valence-corrected chi connectivity index (χ1v) is 10.8. The maximum absolute atomic E-state index is 12.9. The van der Waals surface area contributed by atoms with Crippen LogP contribution in [0.1, 0.15) is 20.1 Å². The molecule has 1 aromatic heterocycles. The monoisotopic (exact) mass is 466 g/mol. The lowest BCUT2D eigenvalue weighted by molar-refractivity contribution is -0.165. The number of benzene rings is 1. The number of carbonyl (C=O) groups is 2. The molecule has 3 rings (SSSR count). The van der Waals surface area contributed by atoms with E-state index >= 15 is 0 Å². The van der Waals surface area contributed by atoms with Crippen molar-refractivity contribution in [3.8, 4) is 5.75 Å². The van der Waals surface area contributed by atoms with E-state index in [9.17, 15) is 23.4 Å². The van der Waals surface area contributed by atoms with Gasteiger partial charge in [-0.2, -0.15) is 0 Å². The summed E-state index contributed by atoms with van der Waals surface area (Å²) in [6, 6.07) is 7.64. The molecule has 1 saturated heterocycles. The van der Waals surface area contributed by atoms with E-state index in [1.807, 2.05) is 0 Å². The summed E-state index contributed by atoms with van der Waals surface area (Å²) in [4.78, 5) is 49.8. The van der Waals surface area contributed by atoms with Crippen molar-refractivity contribution in [2.45, 2.75) is 43.3 Å². The van der Waals surface area contributed by atoms with Gasteiger partial charge in [0.05, 0.1) is 23.7 Å². The molecule has 0 radical (unpaired) electrons. The molecule has 0 spiro atoms. The van der Waals surface area contributed by atoms with Crippen LogP contribution in [0.15, 0.2) is 51.0 Å². The zero-order valence-electron chi connectivity index (χ0n) is 17.5. The first-order chi connectivity index (χ1) is 15.2. The number of aromatic nitrogens is 2. The van der Waals surface area contributed by atoms with Gasteiger partial charge in [-0.15, -0.1) is 0 Å². The summed E-state index contributed by atoms with van der Waals surface area (Å²) in [6.07, 6.45) is -3.36. The summed E-state index contributed by atoms with van der Waals surface area (Å²) < 4.78 is 35.6. The predicted octanol–water partition coefficient (Wildman–Crippen LogP) is 0.114. The van der Waals surface area contributed by atoms with Crippen molar-refractivity contribution >= 4 is 22.7 Å². The number of carbonyl (C=O) groups excluding carboxylic acids is 2. The zero-order valence-corrected chi connectivity index (χ0v) is 18.3. The van der Waals surface area contributed by atoms with Gasteiger partial charge < -0.3 is 18.9 Å². The average Bonchev–Trinajstić information content (AvgIpc) is 3.03. The van der Waals surface area contributed by atoms with Crippen LogP contribution in [-0.2, 0) is 34.6 Å². The predicted molar refractivity (Wildman–Crippen MR) is 111 cm³/mol. The van der Waals surface area contributed by atoms with E-state index in [0.717, 1.165) is 17.6 Å². The lowest BCUT2D eigenvalue weighted by Crippen LogP contribution is -2.42. The topological polar surface area (TPSA) is 143 Å². The number of rotatable bonds is 7. The van der Waals surface area contributed by atoms with Gasteiger partial charge in [0.1, 0.15) is 11.9 Å². The van der Waals surface area contributed by atoms with E-state index < -0.39 is 58.5 Å². The standard InChI is InChI=1S/C20H22N2O9S/c1-11(23)29-17-15(10-32(27)14-6-4-13(28-3)5-7-14)31-19(18(17)30-12(2)24)22-9-8-16(25)21-20(22)26/h4-9,15,17-19H,10H2,1-3H3,(H,21,25,26)/t15-,17-,18-,19-,32?/m1/s1. The summed E-state index contributed by atoms with van der Waals surface area (Å²) in [7, 11) is -0.0745. The molecular weight excluding hydrogens is 444 g/mol. The van der Waals surface area contributed by atoms with Crippen molar-refractivity contribution < 1.29 is 32.7 Å². The van der Waals surface area contributed by atoms with Crippen LogP contribution in [0.5, 0.6) is 5.75 Å². The Morgan fingerprint density at radius 3 is 2.25 bits per heavy atom. The van der Waals surface area contributed by atoms with Gasteiger partial charge >= 0.3 is 17.6 Å². The lowest BCUT2D eigenvalue weighted by atomic mass is 10.1. The van der Waals surface area contributed by atoms with Crippen LogP contribution in [-0.4, -0.2) is 56.9 Å². The van der Waals surface area contributed by atoms with Gasteiger partial charge in [0.15, 0.2) is 18.4 Å². The highest BCUT2D eigenvalue weighted by atomic mass is 32.2. The molecule has 0 amide bonds. The van der Waals surface area contributed by atoms with Crippen LogP contribution < -0.4 is 16.0 Å². The number of aromatic amines is 1. The minimum Gasteiger partial charge on any atom is -0.497 e. The van der Waals surface area contributed by atoms with Crippen LogP contribution in [0.2, 0.25) is 0 Å². The van der Waals surface area contributed by atoms with Crippen LogP contribution >= 0.6 is 0 Å². The molecule has 1 fully saturated rings. The maximum atomic E-state index is 12.9. The Morgan fingerprint density at radius 1 is 1.06 bits per heavy atom. The van der Waals surface area contributed by atoms with Crippen molar-refractivity contribution in [3.05, 3.63) is 57.4 Å². The molecule has 0 saturated carbocycles. The van der Waals surface area contributed by atoms with Gasteiger partial charge in [0.25, 0.3) is 5.56 Å². The second kappa shape index (κ2) is 9.92. The summed E-state index contributed by atoms with van der Waals surface area (Å²) in [5.74, 6) is -0.898. The van der Waals surface area contributed by atoms with E-state index in [2.05, 4.69) is 4.98 Å². The minimum absolute atomic E-state index is 0.114. The minimum atomic E-state index is -1.58. The third-order valence-electron chi connectivity index (χ3n) is 4.65. The highest BCUT2D eigenvalue weighted by Gasteiger charge is 2.50. The molecule has 1 unspecified atom stereocenters. The van der Waals surface area contributed by atoms with Crippen molar-refractivity contribution in [3.63, 3.8) is 0 Å². The zero-order chi connectivity index (χ0) is 23.4. The molecule has 0 bridgehead atoms. The Kier molecular flexibility index (Phi) is 7.26. The summed E-state index contributed by atoms with van der Waals surface area (Å²) in [5, 5.41) is 0. The van der Waals surface area contributed by atoms with E-state index in [4.69, 9.17) is 18.9 Å². The third-order valence-corrected chi connectivity index (χ3v) is 6.08. The van der Waals surface area contributed by atoms with Gasteiger partial charge in [-0.05, 0) is 24.3 Å². The third kappa shape index (κ3) is 5.32. The fourth-order valence-corrected chi connectivity index (χ4v) is 4.52. The van der Waals surface area contributed by atoms with E-state index in [0.29, 0.717) is 10.6 Å². The molecule has 11 nitrogen and oxygen atoms in total. The second-order valence-electron chi connectivity index (χ2n) is 6.92. The Balaban J connectivity index is 1.94. The summed E-state index contributed by atoms with van der Waals surface area (Å²) >= 11 is 0. The Morgan fingerprint density at radius 2 is 1.69 bits per heavy atom. The molecule has 1 aliphatic rings. The van der Waals surface area contributed by atoms with E-state index in [-0.39, 0.29) is 5.75 Å². The Bertz CT molecular complexity index is 1120. The normalized spacial score (nSPS) is 23.3. The fourth-order valence-electron chi connectivity index (χ4n) is 3.32. The molecule has 1 N–H and O–H groups in total. The van der Waals surface area contributed by atoms with E-state index in [1.165, 1.54) is 20.2 Å². The number of nitrogens with zero attached hydrogens (tertiary/aromatic N) is 1. The summed E-state index contributed by atoms with van der Waals surface area (Å²) in [5.41, 5.74) is -1.43. The molecule has 2 heterocycles. The van der Waals surface area contributed by atoms with Crippen LogP contribution in [0.3, 0.4) is 0 Å². The lowest BCUT2D eigenvalue weighted by Gasteiger charge is -2.23. The molecule has 12 heteroatoms. The first kappa shape index (κ1) is 23.4. The number of hydrogen-bond donors (Lipinski definition) is 1. The molecule has 2 aromatic rings. The number of nitrogens with one attached hydrogen (secondary N) is 1. The first-order valence-electron chi connectivity index (χ1n) is 9.53. The van der Waals surface area contributed by atoms with Gasteiger partial charge in [0, 0.05) is 31.0 Å². The SMILES string of the molecule is COc1ccc(S(=O)C[C@H]2O[C@@H](n3ccc(=O)[nH]c3=O)[C@H](OC(C)=O)[C@@H]2OC(C)=O)cc1. The molecule has 172 valence electrons. The largest absolute Gasteiger partial charge is 0.497 e. The van der Waals surface area contributed by atoms with Crippen LogP contribution in [0.25, 0.3) is 0 Å². The summed E-state index contributed by atoms with van der Waals surface area (Å²) in [6.45, 7) is 2.32. The molecule has 5 atom stereocenters. The number of esters is 2. The number of ether oxygens (including phenoxy) is 4. The molecule has 0 aliphatic carbocycles. The Hall–Kier alpha value is -3.25. The molecular formula is C20H22N2O9S. The molecule has 1 aliphatic heterocycles. The van der Waals surface area contributed by atoms with Crippen molar-refractivity contribution in [1.29, 1.82) is 0 Å². The fraction of sp³-hybridized carbons (Fsp3) is 0.400. The number of hydrogen-bond acceptors (Lipinski definition) is 9. The van der Waals surface area contributed by atoms with Crippen molar-refractivity contribution in [1.82, 2.24) is 9.55 Å². The maximum Gasteiger partial charge on any atom is 0.330 e. The van der Waals surface area contributed by atoms with Gasteiger partial charge in [-0.1, -0.05) is 0 Å². The van der Waals surface area contributed by atoms with Crippen LogP contribution in [0.4, 0.5) is 0 Å².